The Morgan fingerprint density at radius 3 is 1.02 bits per heavy atom. The van der Waals surface area contributed by atoms with E-state index in [0.717, 1.165) is 53.8 Å². The fourth-order valence-electron chi connectivity index (χ4n) is 3.65. The maximum Gasteiger partial charge on any atom is 0.326 e. The molecule has 1 aromatic heterocycles. The van der Waals surface area contributed by atoms with E-state index >= 15 is 0 Å². The maximum atomic E-state index is 10.8. The standard InChI is InChI=1S/C32H62N3O12PS6/c36-48(37,38)19-29-54-28-18-44-12-11-43-17-27-53-24-3-6-47-32-34-30(45-4-1-22-51-25-15-41-9-7-39-13-20-49)33-31(35-32)46-5-2-23-52-26-16-42-10-8-40-14-21-50/h49-50H,1-29H2,(H2,36,37,38). The highest BCUT2D eigenvalue weighted by Gasteiger charge is 2.12. The molecule has 0 bridgehead atoms. The van der Waals surface area contributed by atoms with Gasteiger partial charge in [-0.3, -0.25) is 4.57 Å². The lowest BCUT2D eigenvalue weighted by Gasteiger charge is -2.10. The van der Waals surface area contributed by atoms with E-state index < -0.39 is 7.60 Å². The van der Waals surface area contributed by atoms with Crippen LogP contribution in [0.3, 0.4) is 0 Å². The highest BCUT2D eigenvalue weighted by molar-refractivity contribution is 8.00. The number of nitrogens with zero attached hydrogens (tertiary/aromatic N) is 3. The minimum absolute atomic E-state index is 0.104. The predicted molar refractivity (Wildman–Crippen MR) is 229 cm³/mol. The zero-order valence-corrected chi connectivity index (χ0v) is 37.2. The number of thioether (sulfide) groups is 4. The molecule has 0 aliphatic heterocycles. The van der Waals surface area contributed by atoms with Crippen molar-refractivity contribution in [3.63, 3.8) is 0 Å². The Morgan fingerprint density at radius 1 is 0.426 bits per heavy atom. The van der Waals surface area contributed by atoms with Crippen molar-refractivity contribution in [2.24, 2.45) is 0 Å². The molecule has 15 nitrogen and oxygen atoms in total. The van der Waals surface area contributed by atoms with Crippen LogP contribution in [0.25, 0.3) is 0 Å². The fourth-order valence-corrected chi connectivity index (χ4v) is 8.10. The molecule has 0 atom stereocenters. The summed E-state index contributed by atoms with van der Waals surface area (Å²) >= 11 is 15.1. The molecule has 0 spiro atoms. The van der Waals surface area contributed by atoms with Crippen molar-refractivity contribution in [2.45, 2.75) is 19.3 Å². The molecule has 0 saturated heterocycles. The summed E-state index contributed by atoms with van der Waals surface area (Å²) in [4.78, 5) is 30.8. The largest absolute Gasteiger partial charge is 0.463 e. The normalized spacial score (nSPS) is 11.7. The molecule has 22 heteroatoms. The van der Waals surface area contributed by atoms with Crippen molar-refractivity contribution >= 4 is 79.9 Å². The third-order valence-electron chi connectivity index (χ3n) is 6.17. The second kappa shape index (κ2) is 40.2. The zero-order chi connectivity index (χ0) is 39.1. The van der Waals surface area contributed by atoms with E-state index in [1.165, 1.54) is 11.8 Å². The van der Waals surface area contributed by atoms with Gasteiger partial charge in [0.2, 0.25) is 0 Å². The average molecular weight is 904 g/mol. The minimum atomic E-state index is -3.91. The highest BCUT2D eigenvalue weighted by Crippen LogP contribution is 2.34. The molecular weight excluding hydrogens is 842 g/mol. The average Bonchev–Trinajstić information content (AvgIpc) is 3.15. The van der Waals surface area contributed by atoms with Gasteiger partial charge in [0.05, 0.1) is 105 Å². The Morgan fingerprint density at radius 2 is 0.722 bits per heavy atom. The van der Waals surface area contributed by atoms with E-state index in [1.54, 1.807) is 35.3 Å². The van der Waals surface area contributed by atoms with E-state index in [0.29, 0.717) is 122 Å². The van der Waals surface area contributed by atoms with Crippen LogP contribution in [0.15, 0.2) is 0 Å². The second-order valence-corrected chi connectivity index (χ2v) is 18.3. The molecule has 0 saturated carbocycles. The van der Waals surface area contributed by atoms with Crippen LogP contribution in [0.1, 0.15) is 19.3 Å². The lowest BCUT2D eigenvalue weighted by Crippen LogP contribution is -2.11. The molecule has 0 aliphatic rings. The fraction of sp³-hybridized carbons (Fsp3) is 0.906. The van der Waals surface area contributed by atoms with Crippen LogP contribution < -0.4 is 14.2 Å². The van der Waals surface area contributed by atoms with E-state index in [2.05, 4.69) is 40.2 Å². The Labute approximate surface area is 350 Å². The topological polar surface area (TPSA) is 179 Å². The summed E-state index contributed by atoms with van der Waals surface area (Å²) < 4.78 is 61.3. The van der Waals surface area contributed by atoms with Gasteiger partial charge in [-0.05, 0) is 36.5 Å². The maximum absolute atomic E-state index is 10.8. The summed E-state index contributed by atoms with van der Waals surface area (Å²) in [5.41, 5.74) is 0. The smallest absolute Gasteiger partial charge is 0.326 e. The molecule has 1 heterocycles. The molecule has 0 amide bonds. The summed E-state index contributed by atoms with van der Waals surface area (Å²) in [5.74, 6) is 7.94. The van der Waals surface area contributed by atoms with Crippen LogP contribution in [0.5, 0.6) is 18.0 Å². The van der Waals surface area contributed by atoms with Crippen LogP contribution in [-0.2, 0) is 33.0 Å². The molecule has 0 radical (unpaired) electrons. The van der Waals surface area contributed by atoms with Crippen LogP contribution in [0.4, 0.5) is 0 Å². The summed E-state index contributed by atoms with van der Waals surface area (Å²) in [5, 5.41) is 0. The van der Waals surface area contributed by atoms with Crippen LogP contribution in [0, 0.1) is 0 Å². The molecule has 0 fully saturated rings. The van der Waals surface area contributed by atoms with Crippen LogP contribution in [0.2, 0.25) is 0 Å². The van der Waals surface area contributed by atoms with Crippen molar-refractivity contribution in [2.75, 3.05) is 163 Å². The van der Waals surface area contributed by atoms with Gasteiger partial charge in [0, 0.05) is 40.3 Å². The van der Waals surface area contributed by atoms with Gasteiger partial charge in [0.25, 0.3) is 0 Å². The number of aromatic nitrogens is 3. The van der Waals surface area contributed by atoms with Gasteiger partial charge in [-0.1, -0.05) is 0 Å². The van der Waals surface area contributed by atoms with Gasteiger partial charge >= 0.3 is 25.6 Å². The predicted octanol–water partition coefficient (Wildman–Crippen LogP) is 4.25. The first kappa shape index (κ1) is 52.4. The first-order valence-electron chi connectivity index (χ1n) is 18.1. The van der Waals surface area contributed by atoms with Crippen molar-refractivity contribution in [1.82, 2.24) is 15.0 Å². The number of ether oxygens (including phenoxy) is 9. The summed E-state index contributed by atoms with van der Waals surface area (Å²) in [6, 6.07) is 0.547. The molecule has 318 valence electrons. The second-order valence-electron chi connectivity index (χ2n) is 10.7. The van der Waals surface area contributed by atoms with E-state index in [1.807, 2.05) is 0 Å². The third-order valence-corrected chi connectivity index (χ3v) is 11.7. The van der Waals surface area contributed by atoms with Crippen LogP contribution >= 0.6 is 79.9 Å². The first-order chi connectivity index (χ1) is 26.4. The molecular formula is C32H62N3O12PS6. The quantitative estimate of drug-likeness (QED) is 0.0415. The number of rotatable bonds is 43. The number of hydrogen-bond donors (Lipinski definition) is 4. The Hall–Kier alpha value is 0.420. The Balaban J connectivity index is 2.27. The summed E-state index contributed by atoms with van der Waals surface area (Å²) in [6.45, 7) is 8.52. The van der Waals surface area contributed by atoms with Crippen molar-refractivity contribution in [3.8, 4) is 18.0 Å². The highest BCUT2D eigenvalue weighted by atomic mass is 32.2. The first-order valence-corrected chi connectivity index (χ1v) is 25.8. The molecule has 2 N–H and O–H groups in total. The van der Waals surface area contributed by atoms with E-state index in [9.17, 15) is 4.57 Å². The number of hydrogen-bond acceptors (Lipinski definition) is 19. The number of thiol groups is 2. The van der Waals surface area contributed by atoms with Crippen molar-refractivity contribution in [3.05, 3.63) is 0 Å². The lowest BCUT2D eigenvalue weighted by atomic mass is 10.5. The Bertz CT molecular complexity index is 973. The Kier molecular flexibility index (Phi) is 39.0. The van der Waals surface area contributed by atoms with Gasteiger partial charge in [-0.15, -0.1) is 15.0 Å². The van der Waals surface area contributed by atoms with Gasteiger partial charge < -0.3 is 52.4 Å². The molecule has 1 aromatic rings. The summed E-state index contributed by atoms with van der Waals surface area (Å²) in [7, 11) is -3.91. The van der Waals surface area contributed by atoms with E-state index in [4.69, 9.17) is 52.4 Å². The molecule has 0 unspecified atom stereocenters. The monoisotopic (exact) mass is 903 g/mol. The van der Waals surface area contributed by atoms with Crippen molar-refractivity contribution < 1.29 is 57.0 Å². The molecule has 54 heavy (non-hydrogen) atoms. The molecule has 0 aliphatic carbocycles. The van der Waals surface area contributed by atoms with Gasteiger partial charge in [0.15, 0.2) is 0 Å². The zero-order valence-electron chi connectivity index (χ0n) is 31.3. The summed E-state index contributed by atoms with van der Waals surface area (Å²) in [6.07, 6.45) is 2.36. The SMILES string of the molecule is O=P(O)(O)CCSCCOCCOCCSCCCOc1nc(OCCCSCCOCCOCCS)nc(OCCCSCCOCCOCCS)n1. The van der Waals surface area contributed by atoms with Crippen molar-refractivity contribution in [1.29, 1.82) is 0 Å². The third kappa shape index (κ3) is 38.0. The van der Waals surface area contributed by atoms with Crippen LogP contribution in [-0.4, -0.2) is 188 Å². The molecule has 0 aromatic carbocycles. The van der Waals surface area contributed by atoms with Gasteiger partial charge in [-0.25, -0.2) is 0 Å². The molecule has 1 rings (SSSR count). The minimum Gasteiger partial charge on any atom is -0.463 e. The van der Waals surface area contributed by atoms with Gasteiger partial charge in [-0.2, -0.15) is 72.3 Å². The lowest BCUT2D eigenvalue weighted by molar-refractivity contribution is 0.0605. The van der Waals surface area contributed by atoms with Gasteiger partial charge in [0.1, 0.15) is 0 Å². The van der Waals surface area contributed by atoms with E-state index in [-0.39, 0.29) is 24.2 Å².